The highest BCUT2D eigenvalue weighted by Crippen LogP contribution is 2.36. The van der Waals surface area contributed by atoms with E-state index in [9.17, 15) is 4.79 Å². The van der Waals surface area contributed by atoms with E-state index in [1.165, 1.54) is 0 Å². The third-order valence-corrected chi connectivity index (χ3v) is 3.97. The minimum absolute atomic E-state index is 0.0875. The van der Waals surface area contributed by atoms with Crippen molar-refractivity contribution < 1.29 is 9.53 Å². The zero-order valence-corrected chi connectivity index (χ0v) is 12.0. The minimum Gasteiger partial charge on any atom is -0.459 e. The van der Waals surface area contributed by atoms with E-state index in [0.29, 0.717) is 11.0 Å². The van der Waals surface area contributed by atoms with Gasteiger partial charge in [0.15, 0.2) is 0 Å². The predicted molar refractivity (Wildman–Crippen MR) is 77.4 cm³/mol. The summed E-state index contributed by atoms with van der Waals surface area (Å²) in [6.45, 7) is 4.56. The van der Waals surface area contributed by atoms with Gasteiger partial charge in [0.25, 0.3) is 0 Å². The van der Waals surface area contributed by atoms with Gasteiger partial charge in [-0.2, -0.15) is 0 Å². The van der Waals surface area contributed by atoms with Crippen LogP contribution in [0.4, 0.5) is 5.69 Å². The Morgan fingerprint density at radius 2 is 1.79 bits per heavy atom. The van der Waals surface area contributed by atoms with Crippen LogP contribution in [0.15, 0.2) is 24.3 Å². The van der Waals surface area contributed by atoms with Gasteiger partial charge in [0, 0.05) is 12.7 Å². The molecule has 0 spiro atoms. The molecule has 2 rings (SSSR count). The average molecular weight is 261 g/mol. The van der Waals surface area contributed by atoms with Gasteiger partial charge in [0.05, 0.1) is 5.56 Å². The lowest BCUT2D eigenvalue weighted by atomic mass is 9.76. The van der Waals surface area contributed by atoms with Crippen LogP contribution < -0.4 is 5.32 Å². The summed E-state index contributed by atoms with van der Waals surface area (Å²) in [7, 11) is 1.86. The van der Waals surface area contributed by atoms with E-state index in [0.717, 1.165) is 31.4 Å². The van der Waals surface area contributed by atoms with E-state index in [-0.39, 0.29) is 12.1 Å². The summed E-state index contributed by atoms with van der Waals surface area (Å²) in [5.41, 5.74) is 2.02. The average Bonchev–Trinajstić information content (AvgIpc) is 2.41. The van der Waals surface area contributed by atoms with Crippen LogP contribution in [0.3, 0.4) is 0 Å². The van der Waals surface area contributed by atoms with Crippen LogP contribution in [-0.4, -0.2) is 19.1 Å². The van der Waals surface area contributed by atoms with Gasteiger partial charge >= 0.3 is 5.97 Å². The number of carbonyl (C=O) groups is 1. The smallest absolute Gasteiger partial charge is 0.338 e. The van der Waals surface area contributed by atoms with Crippen LogP contribution >= 0.6 is 0 Å². The lowest BCUT2D eigenvalue weighted by Gasteiger charge is -2.33. The molecule has 0 amide bonds. The van der Waals surface area contributed by atoms with Gasteiger partial charge in [0.1, 0.15) is 6.10 Å². The van der Waals surface area contributed by atoms with Gasteiger partial charge in [-0.1, -0.05) is 13.8 Å². The first-order valence-corrected chi connectivity index (χ1v) is 6.99. The van der Waals surface area contributed by atoms with Gasteiger partial charge in [-0.3, -0.25) is 0 Å². The molecule has 1 saturated carbocycles. The first-order valence-electron chi connectivity index (χ1n) is 6.99. The predicted octanol–water partition coefficient (Wildman–Crippen LogP) is 3.85. The molecule has 0 saturated heterocycles. The molecule has 104 valence electrons. The van der Waals surface area contributed by atoms with Crippen LogP contribution in [0.25, 0.3) is 0 Å². The standard InChI is InChI=1S/C16H23NO2/c1-16(2)10-8-14(9-11-16)19-15(18)12-4-6-13(17-3)7-5-12/h4-7,14,17H,8-11H2,1-3H3. The lowest BCUT2D eigenvalue weighted by molar-refractivity contribution is 0.00952. The fourth-order valence-electron chi connectivity index (χ4n) is 2.48. The maximum atomic E-state index is 12.0. The number of ether oxygens (including phenoxy) is 1. The molecule has 1 fully saturated rings. The zero-order valence-electron chi connectivity index (χ0n) is 12.0. The van der Waals surface area contributed by atoms with E-state index in [1.807, 2.05) is 19.2 Å². The molecule has 19 heavy (non-hydrogen) atoms. The Labute approximate surface area is 115 Å². The Hall–Kier alpha value is -1.51. The molecule has 3 heteroatoms. The Bertz CT molecular complexity index is 427. The van der Waals surface area contributed by atoms with Crippen LogP contribution in [0.5, 0.6) is 0 Å². The molecule has 0 radical (unpaired) electrons. The summed E-state index contributed by atoms with van der Waals surface area (Å²) < 4.78 is 5.58. The van der Waals surface area contributed by atoms with E-state index in [1.54, 1.807) is 12.1 Å². The maximum Gasteiger partial charge on any atom is 0.338 e. The van der Waals surface area contributed by atoms with Crippen molar-refractivity contribution >= 4 is 11.7 Å². The van der Waals surface area contributed by atoms with E-state index in [4.69, 9.17) is 4.74 Å². The number of rotatable bonds is 3. The van der Waals surface area contributed by atoms with Crippen molar-refractivity contribution in [2.75, 3.05) is 12.4 Å². The Morgan fingerprint density at radius 1 is 1.21 bits per heavy atom. The molecule has 3 nitrogen and oxygen atoms in total. The fourth-order valence-corrected chi connectivity index (χ4v) is 2.48. The van der Waals surface area contributed by atoms with Crippen LogP contribution in [0, 0.1) is 5.41 Å². The van der Waals surface area contributed by atoms with Gasteiger partial charge in [0.2, 0.25) is 0 Å². The topological polar surface area (TPSA) is 38.3 Å². The SMILES string of the molecule is CNc1ccc(C(=O)OC2CCC(C)(C)CC2)cc1. The number of benzene rings is 1. The monoisotopic (exact) mass is 261 g/mol. The Kier molecular flexibility index (Phi) is 4.13. The first-order chi connectivity index (χ1) is 9.00. The van der Waals surface area contributed by atoms with Gasteiger partial charge in [-0.05, 0) is 55.4 Å². The molecule has 1 aliphatic carbocycles. The molecular weight excluding hydrogens is 238 g/mol. The number of esters is 1. The summed E-state index contributed by atoms with van der Waals surface area (Å²) in [4.78, 5) is 12.0. The zero-order chi connectivity index (χ0) is 13.9. The van der Waals surface area contributed by atoms with Gasteiger partial charge in [-0.25, -0.2) is 4.79 Å². The number of hydrogen-bond donors (Lipinski definition) is 1. The Balaban J connectivity index is 1.90. The second-order valence-corrected chi connectivity index (χ2v) is 6.10. The summed E-state index contributed by atoms with van der Waals surface area (Å²) in [5.74, 6) is -0.202. The third-order valence-electron chi connectivity index (χ3n) is 3.97. The number of nitrogens with one attached hydrogen (secondary N) is 1. The fraction of sp³-hybridized carbons (Fsp3) is 0.562. The van der Waals surface area contributed by atoms with Crippen molar-refractivity contribution in [3.63, 3.8) is 0 Å². The number of hydrogen-bond acceptors (Lipinski definition) is 3. The molecule has 0 bridgehead atoms. The third kappa shape index (κ3) is 3.72. The molecule has 0 aromatic heterocycles. The molecule has 1 aromatic rings. The molecule has 0 aliphatic heterocycles. The van der Waals surface area contributed by atoms with Crippen molar-refractivity contribution in [3.05, 3.63) is 29.8 Å². The maximum absolute atomic E-state index is 12.0. The normalized spacial score (nSPS) is 18.9. The van der Waals surface area contributed by atoms with Crippen molar-refractivity contribution in [1.29, 1.82) is 0 Å². The summed E-state index contributed by atoms with van der Waals surface area (Å²) in [6, 6.07) is 7.39. The summed E-state index contributed by atoms with van der Waals surface area (Å²) in [5, 5.41) is 3.03. The molecule has 0 heterocycles. The van der Waals surface area contributed by atoms with Crippen LogP contribution in [0.1, 0.15) is 49.9 Å². The molecule has 0 unspecified atom stereocenters. The summed E-state index contributed by atoms with van der Waals surface area (Å²) in [6.07, 6.45) is 4.30. The lowest BCUT2D eigenvalue weighted by Crippen LogP contribution is -2.28. The highest BCUT2D eigenvalue weighted by atomic mass is 16.5. The number of carbonyl (C=O) groups excluding carboxylic acids is 1. The van der Waals surface area contributed by atoms with Crippen LogP contribution in [0.2, 0.25) is 0 Å². The van der Waals surface area contributed by atoms with E-state index >= 15 is 0 Å². The molecule has 1 N–H and O–H groups in total. The van der Waals surface area contributed by atoms with Crippen molar-refractivity contribution in [2.24, 2.45) is 5.41 Å². The minimum atomic E-state index is -0.202. The van der Waals surface area contributed by atoms with Gasteiger partial charge in [-0.15, -0.1) is 0 Å². The van der Waals surface area contributed by atoms with E-state index in [2.05, 4.69) is 19.2 Å². The van der Waals surface area contributed by atoms with Crippen molar-refractivity contribution in [3.8, 4) is 0 Å². The van der Waals surface area contributed by atoms with Gasteiger partial charge < -0.3 is 10.1 Å². The highest BCUT2D eigenvalue weighted by molar-refractivity contribution is 5.89. The second kappa shape index (κ2) is 5.64. The highest BCUT2D eigenvalue weighted by Gasteiger charge is 2.28. The first kappa shape index (κ1) is 13.9. The quantitative estimate of drug-likeness (QED) is 0.840. The molecule has 1 aromatic carbocycles. The molecule has 1 aliphatic rings. The van der Waals surface area contributed by atoms with E-state index < -0.39 is 0 Å². The Morgan fingerprint density at radius 3 is 2.32 bits per heavy atom. The largest absolute Gasteiger partial charge is 0.459 e. The second-order valence-electron chi connectivity index (χ2n) is 6.10. The van der Waals surface area contributed by atoms with Crippen LogP contribution in [-0.2, 0) is 4.74 Å². The van der Waals surface area contributed by atoms with Crippen molar-refractivity contribution in [2.45, 2.75) is 45.6 Å². The molecular formula is C16H23NO2. The van der Waals surface area contributed by atoms with Crippen molar-refractivity contribution in [1.82, 2.24) is 0 Å². The molecule has 0 atom stereocenters. The number of anilines is 1. The summed E-state index contributed by atoms with van der Waals surface area (Å²) >= 11 is 0.